The first-order valence-corrected chi connectivity index (χ1v) is 26.9. The second-order valence-electron chi connectivity index (χ2n) is 17.7. The number of thiophene rings is 2. The predicted octanol–water partition coefficient (Wildman–Crippen LogP) is 17.6. The fraction of sp³-hybridized carbons (Fsp3) is 0.375. The summed E-state index contributed by atoms with van der Waals surface area (Å²) in [5, 5.41) is 0. The molecule has 0 fully saturated rings. The molecular formula is C64H70S2. The largest absolute Gasteiger partial charge is 0.124 e. The normalized spacial score (nSPS) is 10.5. The van der Waals surface area contributed by atoms with E-state index in [0.717, 1.165) is 78.6 Å². The van der Waals surface area contributed by atoms with Crippen LogP contribution in [0.5, 0.6) is 0 Å². The van der Waals surface area contributed by atoms with Gasteiger partial charge in [-0.2, -0.15) is 0 Å². The summed E-state index contributed by atoms with van der Waals surface area (Å²) in [6.45, 7) is 9.06. The summed E-state index contributed by atoms with van der Waals surface area (Å²) >= 11 is 3.41. The highest BCUT2D eigenvalue weighted by molar-refractivity contribution is 7.23. The van der Waals surface area contributed by atoms with Gasteiger partial charge in [-0.05, 0) is 134 Å². The van der Waals surface area contributed by atoms with E-state index in [4.69, 9.17) is 0 Å². The van der Waals surface area contributed by atoms with Gasteiger partial charge < -0.3 is 0 Å². The van der Waals surface area contributed by atoms with E-state index in [1.807, 2.05) is 0 Å². The van der Waals surface area contributed by atoms with E-state index >= 15 is 0 Å². The van der Waals surface area contributed by atoms with Gasteiger partial charge in [0.15, 0.2) is 0 Å². The van der Waals surface area contributed by atoms with Crippen molar-refractivity contribution in [1.82, 2.24) is 0 Å². The van der Waals surface area contributed by atoms with Gasteiger partial charge in [-0.15, -0.1) is 22.7 Å². The summed E-state index contributed by atoms with van der Waals surface area (Å²) in [5.41, 5.74) is 11.6. The Balaban J connectivity index is 1.33. The van der Waals surface area contributed by atoms with Crippen LogP contribution in [0, 0.1) is 47.4 Å². The van der Waals surface area contributed by atoms with E-state index in [1.54, 1.807) is 22.7 Å². The zero-order chi connectivity index (χ0) is 46.0. The minimum atomic E-state index is 0.973. The summed E-state index contributed by atoms with van der Waals surface area (Å²) < 4.78 is 0. The van der Waals surface area contributed by atoms with Gasteiger partial charge in [0.2, 0.25) is 0 Å². The standard InChI is InChI=1S/C64H70S2/c1-5-9-13-15-19-23-53-29-37-57(38-30-53)43-47-61-49-59(45-41-55-33-25-51(26-34-55)21-17-11-7-3)63(65-61)64-60(46-42-56-35-27-52(28-36-56)22-18-12-8-4)50-62(66-64)48-44-58-39-31-54(32-40-58)24-20-16-14-10-6-2/h25-40,49-50H,5-24H2,1-4H3. The summed E-state index contributed by atoms with van der Waals surface area (Å²) in [4.78, 5) is 4.17. The first-order chi connectivity index (χ1) is 32.5. The molecule has 0 unspecified atom stereocenters. The zero-order valence-electron chi connectivity index (χ0n) is 40.4. The predicted molar refractivity (Wildman–Crippen MR) is 289 cm³/mol. The Morgan fingerprint density at radius 3 is 0.848 bits per heavy atom. The maximum absolute atomic E-state index is 3.60. The molecule has 2 aromatic heterocycles. The average Bonchev–Trinajstić information content (AvgIpc) is 3.96. The lowest BCUT2D eigenvalue weighted by Crippen LogP contribution is -1.86. The summed E-state index contributed by atoms with van der Waals surface area (Å²) in [5.74, 6) is 28.2. The third-order valence-electron chi connectivity index (χ3n) is 12.1. The molecule has 66 heavy (non-hydrogen) atoms. The molecule has 0 spiro atoms. The number of rotatable bonds is 21. The summed E-state index contributed by atoms with van der Waals surface area (Å²) in [7, 11) is 0. The van der Waals surface area contributed by atoms with E-state index < -0.39 is 0 Å². The van der Waals surface area contributed by atoms with Crippen molar-refractivity contribution in [1.29, 1.82) is 0 Å². The molecule has 0 nitrogen and oxygen atoms in total. The second kappa shape index (κ2) is 28.5. The van der Waals surface area contributed by atoms with Crippen molar-refractivity contribution in [3.05, 3.63) is 175 Å². The molecule has 0 radical (unpaired) electrons. The molecule has 0 amide bonds. The fourth-order valence-electron chi connectivity index (χ4n) is 8.02. The van der Waals surface area contributed by atoms with Crippen LogP contribution in [0.25, 0.3) is 9.75 Å². The molecule has 6 aromatic rings. The highest BCUT2D eigenvalue weighted by Crippen LogP contribution is 2.40. The molecule has 0 aliphatic rings. The lowest BCUT2D eigenvalue weighted by Gasteiger charge is -2.01. The highest BCUT2D eigenvalue weighted by Gasteiger charge is 2.16. The van der Waals surface area contributed by atoms with E-state index in [-0.39, 0.29) is 0 Å². The maximum Gasteiger partial charge on any atom is 0.0792 e. The molecule has 0 aliphatic carbocycles. The minimum Gasteiger partial charge on any atom is -0.124 e. The Bertz CT molecular complexity index is 2430. The zero-order valence-corrected chi connectivity index (χ0v) is 42.0. The molecule has 2 heterocycles. The molecule has 0 aliphatic heterocycles. The Hall–Kier alpha value is -5.48. The van der Waals surface area contributed by atoms with Crippen LogP contribution in [0.2, 0.25) is 0 Å². The molecule has 0 saturated heterocycles. The SMILES string of the molecule is CCCCCCCc1ccc(C#Cc2cc(C#Cc3ccc(CCCCC)cc3)c(-c3sc(C#Cc4ccc(CCCCCCC)cc4)cc3C#Cc3ccc(CCCCC)cc3)s2)cc1. The Morgan fingerprint density at radius 2 is 0.545 bits per heavy atom. The van der Waals surface area contributed by atoms with Crippen molar-refractivity contribution in [2.75, 3.05) is 0 Å². The van der Waals surface area contributed by atoms with E-state index in [9.17, 15) is 0 Å². The number of aryl methyl sites for hydroxylation is 4. The number of unbranched alkanes of at least 4 members (excludes halogenated alkanes) is 12. The van der Waals surface area contributed by atoms with Gasteiger partial charge in [-0.3, -0.25) is 0 Å². The van der Waals surface area contributed by atoms with Crippen molar-refractivity contribution in [2.45, 2.75) is 156 Å². The van der Waals surface area contributed by atoms with Crippen LogP contribution in [0.1, 0.15) is 196 Å². The first-order valence-electron chi connectivity index (χ1n) is 25.2. The van der Waals surface area contributed by atoms with Crippen molar-refractivity contribution in [3.8, 4) is 57.1 Å². The average molecular weight is 903 g/mol. The van der Waals surface area contributed by atoms with Crippen molar-refractivity contribution in [3.63, 3.8) is 0 Å². The Morgan fingerprint density at radius 1 is 0.288 bits per heavy atom. The quantitative estimate of drug-likeness (QED) is 0.0499. The third kappa shape index (κ3) is 17.1. The third-order valence-corrected chi connectivity index (χ3v) is 14.4. The van der Waals surface area contributed by atoms with Crippen LogP contribution >= 0.6 is 22.7 Å². The van der Waals surface area contributed by atoms with Gasteiger partial charge in [0.25, 0.3) is 0 Å². The molecule has 0 saturated carbocycles. The first kappa shape index (κ1) is 49.9. The Labute approximate surface area is 408 Å². The lowest BCUT2D eigenvalue weighted by molar-refractivity contribution is 0.632. The van der Waals surface area contributed by atoms with Crippen LogP contribution in [-0.4, -0.2) is 0 Å². The van der Waals surface area contributed by atoms with Gasteiger partial charge >= 0.3 is 0 Å². The topological polar surface area (TPSA) is 0 Å². The smallest absolute Gasteiger partial charge is 0.0792 e. The van der Waals surface area contributed by atoms with Gasteiger partial charge in [0.05, 0.1) is 19.5 Å². The maximum atomic E-state index is 3.60. The van der Waals surface area contributed by atoms with Crippen LogP contribution in [0.3, 0.4) is 0 Å². The molecule has 0 N–H and O–H groups in total. The van der Waals surface area contributed by atoms with Crippen LogP contribution in [-0.2, 0) is 25.7 Å². The van der Waals surface area contributed by atoms with E-state index in [1.165, 1.54) is 125 Å². The second-order valence-corrected chi connectivity index (χ2v) is 19.8. The van der Waals surface area contributed by atoms with E-state index in [2.05, 4.69) is 184 Å². The van der Waals surface area contributed by atoms with Crippen LogP contribution in [0.15, 0.2) is 109 Å². The number of benzene rings is 4. The number of hydrogen-bond acceptors (Lipinski definition) is 2. The molecule has 0 bridgehead atoms. The van der Waals surface area contributed by atoms with E-state index in [0.29, 0.717) is 0 Å². The minimum absolute atomic E-state index is 0.973. The van der Waals surface area contributed by atoms with Gasteiger partial charge in [0, 0.05) is 33.4 Å². The van der Waals surface area contributed by atoms with Crippen molar-refractivity contribution < 1.29 is 0 Å². The highest BCUT2D eigenvalue weighted by atomic mass is 32.1. The lowest BCUT2D eigenvalue weighted by atomic mass is 10.0. The monoisotopic (exact) mass is 902 g/mol. The van der Waals surface area contributed by atoms with Gasteiger partial charge in [-0.25, -0.2) is 0 Å². The van der Waals surface area contributed by atoms with Crippen molar-refractivity contribution in [2.24, 2.45) is 0 Å². The molecule has 0 atom stereocenters. The molecule has 6 rings (SSSR count). The number of hydrogen-bond donors (Lipinski definition) is 0. The molecule has 4 aromatic carbocycles. The van der Waals surface area contributed by atoms with Crippen molar-refractivity contribution >= 4 is 22.7 Å². The fourth-order valence-corrected chi connectivity index (χ4v) is 10.1. The molecule has 338 valence electrons. The van der Waals surface area contributed by atoms with Gasteiger partial charge in [0.1, 0.15) is 0 Å². The Kier molecular flexibility index (Phi) is 21.6. The molecular weight excluding hydrogens is 833 g/mol. The molecule has 2 heteroatoms. The van der Waals surface area contributed by atoms with Gasteiger partial charge in [-0.1, -0.05) is 201 Å². The summed E-state index contributed by atoms with van der Waals surface area (Å²) in [6.07, 6.45) is 24.9. The van der Waals surface area contributed by atoms with Crippen LogP contribution in [0.4, 0.5) is 0 Å². The van der Waals surface area contributed by atoms with Crippen LogP contribution < -0.4 is 0 Å². The summed E-state index contributed by atoms with van der Waals surface area (Å²) in [6, 6.07) is 39.7.